The molecule has 1 atom stereocenters. The Morgan fingerprint density at radius 3 is 2.93 bits per heavy atom. The van der Waals surface area contributed by atoms with Gasteiger partial charge in [-0.3, -0.25) is 14.7 Å². The van der Waals surface area contributed by atoms with Gasteiger partial charge in [-0.1, -0.05) is 12.1 Å². The van der Waals surface area contributed by atoms with Crippen molar-refractivity contribution in [3.8, 4) is 17.0 Å². The Balaban J connectivity index is 1.43. The number of likely N-dealkylation sites (tertiary alicyclic amines) is 1. The Morgan fingerprint density at radius 1 is 1.24 bits per heavy atom. The fraction of sp³-hybridized carbons (Fsp3) is 0.500. The van der Waals surface area contributed by atoms with Crippen LogP contribution in [0.4, 0.5) is 0 Å². The summed E-state index contributed by atoms with van der Waals surface area (Å²) < 4.78 is 10.7. The van der Waals surface area contributed by atoms with Gasteiger partial charge >= 0.3 is 0 Å². The van der Waals surface area contributed by atoms with E-state index in [2.05, 4.69) is 9.88 Å². The Labute approximate surface area is 171 Å². The highest BCUT2D eigenvalue weighted by Gasteiger charge is 2.26. The van der Waals surface area contributed by atoms with E-state index < -0.39 is 0 Å². The molecule has 1 aromatic heterocycles. The molecule has 7 nitrogen and oxygen atoms in total. The average Bonchev–Trinajstić information content (AvgIpc) is 2.80. The molecule has 0 spiro atoms. The number of piperidine rings is 1. The van der Waals surface area contributed by atoms with Crippen molar-refractivity contribution >= 4 is 5.91 Å². The first kappa shape index (κ1) is 19.8. The monoisotopic (exact) mass is 396 g/mol. The maximum atomic E-state index is 12.6. The second-order valence-electron chi connectivity index (χ2n) is 7.63. The van der Waals surface area contributed by atoms with Crippen molar-refractivity contribution in [3.63, 3.8) is 0 Å². The smallest absolute Gasteiger partial charge is 0.236 e. The van der Waals surface area contributed by atoms with E-state index in [1.54, 1.807) is 13.3 Å². The molecular formula is C22H28N4O3. The van der Waals surface area contributed by atoms with Crippen LogP contribution in [0.25, 0.3) is 11.3 Å². The van der Waals surface area contributed by atoms with Gasteiger partial charge in [-0.25, -0.2) is 4.98 Å². The number of carbonyl (C=O) groups is 1. The van der Waals surface area contributed by atoms with Crippen LogP contribution in [-0.4, -0.2) is 78.7 Å². The van der Waals surface area contributed by atoms with Crippen LogP contribution in [0.15, 0.2) is 36.7 Å². The van der Waals surface area contributed by atoms with Crippen LogP contribution in [-0.2, 0) is 9.53 Å². The minimum atomic E-state index is 0.199. The van der Waals surface area contributed by atoms with Gasteiger partial charge in [-0.15, -0.1) is 0 Å². The van der Waals surface area contributed by atoms with E-state index >= 15 is 0 Å². The Kier molecular flexibility index (Phi) is 6.36. The van der Waals surface area contributed by atoms with Crippen LogP contribution in [0.2, 0.25) is 0 Å². The zero-order chi connectivity index (χ0) is 20.1. The first-order valence-electron chi connectivity index (χ1n) is 10.3. The minimum absolute atomic E-state index is 0.199. The first-order chi connectivity index (χ1) is 14.2. The third-order valence-electron chi connectivity index (χ3n) is 5.67. The van der Waals surface area contributed by atoms with Crippen LogP contribution < -0.4 is 4.74 Å². The predicted octanol–water partition coefficient (Wildman–Crippen LogP) is 2.19. The quantitative estimate of drug-likeness (QED) is 0.772. The van der Waals surface area contributed by atoms with Crippen LogP contribution in [0.1, 0.15) is 24.5 Å². The van der Waals surface area contributed by atoms with Gasteiger partial charge in [0.25, 0.3) is 0 Å². The number of hydrogen-bond donors (Lipinski definition) is 0. The van der Waals surface area contributed by atoms with Crippen LogP contribution in [0, 0.1) is 0 Å². The molecule has 2 aliphatic heterocycles. The Morgan fingerprint density at radius 2 is 2.10 bits per heavy atom. The summed E-state index contributed by atoms with van der Waals surface area (Å²) in [6, 6.07) is 7.87. The van der Waals surface area contributed by atoms with Gasteiger partial charge in [0.1, 0.15) is 5.75 Å². The normalized spacial score (nSPS) is 20.4. The molecule has 1 amide bonds. The summed E-state index contributed by atoms with van der Waals surface area (Å²) in [5.41, 5.74) is 2.84. The molecule has 0 bridgehead atoms. The van der Waals surface area contributed by atoms with E-state index in [0.717, 1.165) is 48.6 Å². The van der Waals surface area contributed by atoms with Crippen molar-refractivity contribution in [2.24, 2.45) is 0 Å². The lowest BCUT2D eigenvalue weighted by atomic mass is 9.94. The molecular weight excluding hydrogens is 368 g/mol. The molecule has 3 heterocycles. The molecule has 0 radical (unpaired) electrons. The number of nitrogens with zero attached hydrogens (tertiary/aromatic N) is 4. The molecule has 4 rings (SSSR count). The van der Waals surface area contributed by atoms with Gasteiger partial charge in [-0.05, 0) is 31.5 Å². The van der Waals surface area contributed by atoms with Crippen LogP contribution in [0.5, 0.6) is 5.75 Å². The summed E-state index contributed by atoms with van der Waals surface area (Å²) in [7, 11) is 1.66. The molecule has 2 aliphatic rings. The van der Waals surface area contributed by atoms with Crippen LogP contribution in [0.3, 0.4) is 0 Å². The summed E-state index contributed by atoms with van der Waals surface area (Å²) in [6.07, 6.45) is 5.78. The van der Waals surface area contributed by atoms with Crippen molar-refractivity contribution in [1.29, 1.82) is 0 Å². The molecule has 2 aromatic rings. The molecule has 1 unspecified atom stereocenters. The third kappa shape index (κ3) is 4.92. The number of benzene rings is 1. The lowest BCUT2D eigenvalue weighted by Crippen LogP contribution is -2.47. The number of ether oxygens (including phenoxy) is 2. The van der Waals surface area contributed by atoms with E-state index in [-0.39, 0.29) is 5.91 Å². The van der Waals surface area contributed by atoms with Crippen molar-refractivity contribution in [1.82, 2.24) is 19.8 Å². The number of aromatic nitrogens is 2. The second kappa shape index (κ2) is 9.33. The highest BCUT2D eigenvalue weighted by Crippen LogP contribution is 2.28. The molecule has 29 heavy (non-hydrogen) atoms. The van der Waals surface area contributed by atoms with Crippen LogP contribution >= 0.6 is 0 Å². The molecule has 0 saturated carbocycles. The Bertz CT molecular complexity index is 838. The highest BCUT2D eigenvalue weighted by atomic mass is 16.5. The lowest BCUT2D eigenvalue weighted by Gasteiger charge is -2.34. The van der Waals surface area contributed by atoms with E-state index in [1.165, 1.54) is 0 Å². The van der Waals surface area contributed by atoms with Gasteiger partial charge in [0.05, 0.1) is 44.5 Å². The summed E-state index contributed by atoms with van der Waals surface area (Å²) >= 11 is 0. The molecule has 7 heteroatoms. The van der Waals surface area contributed by atoms with Crippen molar-refractivity contribution in [2.75, 3.05) is 53.0 Å². The number of amides is 1. The van der Waals surface area contributed by atoms with E-state index in [0.29, 0.717) is 38.8 Å². The largest absolute Gasteiger partial charge is 0.497 e. The van der Waals surface area contributed by atoms with Gasteiger partial charge in [0, 0.05) is 37.3 Å². The molecule has 0 N–H and O–H groups in total. The van der Waals surface area contributed by atoms with Gasteiger partial charge < -0.3 is 14.4 Å². The molecule has 2 fully saturated rings. The van der Waals surface area contributed by atoms with Crippen molar-refractivity contribution in [3.05, 3.63) is 42.4 Å². The zero-order valence-corrected chi connectivity index (χ0v) is 16.9. The molecule has 1 aromatic carbocycles. The second-order valence-corrected chi connectivity index (χ2v) is 7.63. The van der Waals surface area contributed by atoms with E-state index in [1.807, 2.05) is 35.4 Å². The summed E-state index contributed by atoms with van der Waals surface area (Å²) in [5, 5.41) is 0. The van der Waals surface area contributed by atoms with Crippen molar-refractivity contribution in [2.45, 2.75) is 18.8 Å². The molecule has 154 valence electrons. The Hall–Kier alpha value is -2.51. The minimum Gasteiger partial charge on any atom is -0.497 e. The zero-order valence-electron chi connectivity index (χ0n) is 16.9. The predicted molar refractivity (Wildman–Crippen MR) is 110 cm³/mol. The maximum Gasteiger partial charge on any atom is 0.236 e. The highest BCUT2D eigenvalue weighted by molar-refractivity contribution is 5.78. The number of carbonyl (C=O) groups excluding carboxylic acids is 1. The van der Waals surface area contributed by atoms with E-state index in [9.17, 15) is 4.79 Å². The molecule has 0 aliphatic carbocycles. The first-order valence-corrected chi connectivity index (χ1v) is 10.3. The topological polar surface area (TPSA) is 67.8 Å². The summed E-state index contributed by atoms with van der Waals surface area (Å²) in [4.78, 5) is 26.1. The maximum absolute atomic E-state index is 12.6. The fourth-order valence-corrected chi connectivity index (χ4v) is 4.04. The molecule has 2 saturated heterocycles. The standard InChI is InChI=1S/C22H28N4O3/c1-28-19-6-2-4-17(12-19)20-13-23-14-21(24-20)18-5-3-7-25(15-18)16-22(27)26-8-10-29-11-9-26/h2,4,6,12-14,18H,3,5,7-11,15-16H2,1H3. The fourth-order valence-electron chi connectivity index (χ4n) is 4.04. The van der Waals surface area contributed by atoms with E-state index in [4.69, 9.17) is 14.5 Å². The summed E-state index contributed by atoms with van der Waals surface area (Å²) in [6.45, 7) is 4.94. The number of morpholine rings is 1. The average molecular weight is 396 g/mol. The van der Waals surface area contributed by atoms with Gasteiger partial charge in [0.15, 0.2) is 0 Å². The SMILES string of the molecule is COc1cccc(-c2cncc(C3CCCN(CC(=O)N4CCOCC4)C3)n2)c1. The van der Waals surface area contributed by atoms with Gasteiger partial charge in [0.2, 0.25) is 5.91 Å². The number of methoxy groups -OCH3 is 1. The van der Waals surface area contributed by atoms with Gasteiger partial charge in [-0.2, -0.15) is 0 Å². The number of rotatable bonds is 5. The van der Waals surface area contributed by atoms with Crippen molar-refractivity contribution < 1.29 is 14.3 Å². The lowest BCUT2D eigenvalue weighted by molar-refractivity contribution is -0.136. The summed E-state index contributed by atoms with van der Waals surface area (Å²) in [5.74, 6) is 1.30. The number of hydrogen-bond acceptors (Lipinski definition) is 6. The third-order valence-corrected chi connectivity index (χ3v) is 5.67.